The Bertz CT molecular complexity index is 743. The summed E-state index contributed by atoms with van der Waals surface area (Å²) in [7, 11) is 0. The van der Waals surface area contributed by atoms with Gasteiger partial charge in [-0.05, 0) is 76.6 Å². The number of nitrogens with zero attached hydrogens (tertiary/aromatic N) is 2. The number of rotatable bonds is 4. The van der Waals surface area contributed by atoms with Gasteiger partial charge in [-0.2, -0.15) is 0 Å². The highest BCUT2D eigenvalue weighted by Gasteiger charge is 2.33. The van der Waals surface area contributed by atoms with Crippen molar-refractivity contribution in [3.05, 3.63) is 35.9 Å². The van der Waals surface area contributed by atoms with Crippen LogP contribution in [-0.4, -0.2) is 28.9 Å². The molecule has 2 saturated carbocycles. The number of fused-ring (bicyclic) bond motifs is 3. The maximum absolute atomic E-state index is 10.7. The van der Waals surface area contributed by atoms with Gasteiger partial charge in [0.25, 0.3) is 0 Å². The van der Waals surface area contributed by atoms with E-state index in [1.54, 1.807) is 0 Å². The molecule has 2 aliphatic carbocycles. The molecule has 0 unspecified atom stereocenters. The van der Waals surface area contributed by atoms with Gasteiger partial charge in [0.2, 0.25) is 6.41 Å². The number of imidazole rings is 1. The molecule has 2 aromatic rings. The molecule has 2 bridgehead atoms. The summed E-state index contributed by atoms with van der Waals surface area (Å²) in [6, 6.07) is 6.12. The Labute approximate surface area is 149 Å². The number of aromatic nitrogens is 2. The van der Waals surface area contributed by atoms with Gasteiger partial charge in [-0.15, -0.1) is 0 Å². The van der Waals surface area contributed by atoms with Crippen LogP contribution in [0.3, 0.4) is 0 Å². The highest BCUT2D eigenvalue weighted by atomic mass is 16.1. The molecule has 2 saturated heterocycles. The molecule has 2 aromatic heterocycles. The molecule has 4 aliphatic rings. The third-order valence-electron chi connectivity index (χ3n) is 5.72. The van der Waals surface area contributed by atoms with Crippen LogP contribution in [0, 0.1) is 11.8 Å². The van der Waals surface area contributed by atoms with Gasteiger partial charge < -0.3 is 15.0 Å². The van der Waals surface area contributed by atoms with Gasteiger partial charge in [0.15, 0.2) is 0 Å². The number of piperidine rings is 2. The lowest BCUT2D eigenvalue weighted by Gasteiger charge is -2.41. The molecule has 4 fully saturated rings. The smallest absolute Gasteiger partial charge is 0.207 e. The molecule has 134 valence electrons. The minimum absolute atomic E-state index is 0.459. The number of carbonyl (C=O) groups is 1. The predicted octanol–water partition coefficient (Wildman–Crippen LogP) is 2.81. The zero-order valence-corrected chi connectivity index (χ0v) is 15.2. The first-order valence-corrected chi connectivity index (χ1v) is 9.48. The van der Waals surface area contributed by atoms with E-state index >= 15 is 0 Å². The van der Waals surface area contributed by atoms with Crippen LogP contribution in [0.25, 0.3) is 5.52 Å². The van der Waals surface area contributed by atoms with Crippen molar-refractivity contribution < 1.29 is 4.79 Å². The van der Waals surface area contributed by atoms with Gasteiger partial charge >= 0.3 is 0 Å². The summed E-state index contributed by atoms with van der Waals surface area (Å²) in [5, 5.41) is 6.22. The summed E-state index contributed by atoms with van der Waals surface area (Å²) >= 11 is 0. The van der Waals surface area contributed by atoms with Gasteiger partial charge in [-0.1, -0.05) is 6.07 Å². The second-order valence-electron chi connectivity index (χ2n) is 8.30. The van der Waals surface area contributed by atoms with Crippen LogP contribution in [0.4, 0.5) is 0 Å². The summed E-state index contributed by atoms with van der Waals surface area (Å²) < 4.78 is 2.09. The molecule has 0 spiro atoms. The quantitative estimate of drug-likeness (QED) is 0.842. The number of nitrogens with one attached hydrogen (secondary N) is 2. The van der Waals surface area contributed by atoms with E-state index in [1.807, 2.05) is 32.2 Å². The molecule has 0 radical (unpaired) electrons. The maximum atomic E-state index is 10.7. The molecule has 0 atom stereocenters. The van der Waals surface area contributed by atoms with Gasteiger partial charge in [0.05, 0.1) is 16.7 Å². The SMILES string of the molecule is C1NCC2CC1C2.CC(C)(NC=O)c1nc(C2CC2)c2ccccn12. The van der Waals surface area contributed by atoms with Crippen LogP contribution >= 0.6 is 0 Å². The van der Waals surface area contributed by atoms with Crippen LogP contribution in [0.15, 0.2) is 24.4 Å². The van der Waals surface area contributed by atoms with Gasteiger partial charge in [0, 0.05) is 12.1 Å². The van der Waals surface area contributed by atoms with E-state index in [0.29, 0.717) is 5.92 Å². The lowest BCUT2D eigenvalue weighted by atomic mass is 9.72. The Hall–Kier alpha value is -1.88. The number of hydrogen-bond acceptors (Lipinski definition) is 3. The zero-order valence-electron chi connectivity index (χ0n) is 15.2. The first kappa shape index (κ1) is 16.6. The normalized spacial score (nSPS) is 24.9. The Morgan fingerprint density at radius 3 is 2.48 bits per heavy atom. The average Bonchev–Trinajstić information content (AvgIpc) is 3.35. The summed E-state index contributed by atoms with van der Waals surface area (Å²) in [5.74, 6) is 3.63. The summed E-state index contributed by atoms with van der Waals surface area (Å²) in [6.07, 6.45) is 8.24. The van der Waals surface area contributed by atoms with Crippen LogP contribution in [0.2, 0.25) is 0 Å². The Morgan fingerprint density at radius 2 is 1.96 bits per heavy atom. The second kappa shape index (κ2) is 6.45. The minimum Gasteiger partial charge on any atom is -0.347 e. The lowest BCUT2D eigenvalue weighted by molar-refractivity contribution is -0.111. The number of amides is 1. The molecule has 4 heterocycles. The van der Waals surface area contributed by atoms with Gasteiger partial charge in [-0.3, -0.25) is 4.79 Å². The third kappa shape index (κ3) is 3.30. The van der Waals surface area contributed by atoms with Crippen LogP contribution in [-0.2, 0) is 10.3 Å². The van der Waals surface area contributed by atoms with Crippen molar-refractivity contribution in [2.24, 2.45) is 11.8 Å². The van der Waals surface area contributed by atoms with E-state index in [2.05, 4.69) is 21.1 Å². The molecular weight excluding hydrogens is 312 g/mol. The van der Waals surface area contributed by atoms with Crippen molar-refractivity contribution in [3.8, 4) is 0 Å². The predicted molar refractivity (Wildman–Crippen MR) is 98.5 cm³/mol. The average molecular weight is 340 g/mol. The Balaban J connectivity index is 0.000000185. The third-order valence-corrected chi connectivity index (χ3v) is 5.72. The minimum atomic E-state index is -0.459. The van der Waals surface area contributed by atoms with E-state index < -0.39 is 5.54 Å². The fraction of sp³-hybridized carbons (Fsp3) is 0.600. The Morgan fingerprint density at radius 1 is 1.24 bits per heavy atom. The molecule has 25 heavy (non-hydrogen) atoms. The zero-order chi connectivity index (χ0) is 17.4. The molecule has 0 aromatic carbocycles. The molecule has 6 rings (SSSR count). The number of carbonyl (C=O) groups excluding carboxylic acids is 1. The van der Waals surface area contributed by atoms with E-state index in [0.717, 1.165) is 29.6 Å². The fourth-order valence-electron chi connectivity index (χ4n) is 4.07. The fourth-order valence-corrected chi connectivity index (χ4v) is 4.07. The number of pyridine rings is 1. The van der Waals surface area contributed by atoms with Crippen molar-refractivity contribution in [2.45, 2.75) is 51.0 Å². The Kier molecular flexibility index (Phi) is 4.28. The largest absolute Gasteiger partial charge is 0.347 e. The monoisotopic (exact) mass is 340 g/mol. The van der Waals surface area contributed by atoms with Crippen molar-refractivity contribution in [1.82, 2.24) is 20.0 Å². The first-order valence-electron chi connectivity index (χ1n) is 9.48. The van der Waals surface area contributed by atoms with Crippen molar-refractivity contribution in [3.63, 3.8) is 0 Å². The topological polar surface area (TPSA) is 58.4 Å². The standard InChI is InChI=1S/C14H17N3O.C6H11N/c1-14(2,15-9-18)13-16-12(10-6-7-10)11-5-3-4-8-17(11)13;1-5-2-6(1)4-7-3-5/h3-5,8-10H,6-7H2,1-2H3,(H,15,18);5-7H,1-4H2. The van der Waals surface area contributed by atoms with E-state index in [1.165, 1.54) is 44.5 Å². The molecular formula is C20H28N4O. The van der Waals surface area contributed by atoms with E-state index in [9.17, 15) is 4.79 Å². The summed E-state index contributed by atoms with van der Waals surface area (Å²) in [6.45, 7) is 6.55. The lowest BCUT2D eigenvalue weighted by Crippen LogP contribution is -2.45. The van der Waals surface area contributed by atoms with E-state index in [4.69, 9.17) is 4.98 Å². The molecule has 5 nitrogen and oxygen atoms in total. The van der Waals surface area contributed by atoms with Crippen LogP contribution in [0.5, 0.6) is 0 Å². The summed E-state index contributed by atoms with van der Waals surface area (Å²) in [5.41, 5.74) is 1.88. The van der Waals surface area contributed by atoms with Crippen molar-refractivity contribution in [1.29, 1.82) is 0 Å². The molecule has 1 amide bonds. The van der Waals surface area contributed by atoms with Crippen LogP contribution < -0.4 is 10.6 Å². The maximum Gasteiger partial charge on any atom is 0.207 e. The second-order valence-corrected chi connectivity index (χ2v) is 8.30. The number of hydrogen-bond donors (Lipinski definition) is 2. The van der Waals surface area contributed by atoms with E-state index in [-0.39, 0.29) is 0 Å². The molecule has 5 heteroatoms. The first-order chi connectivity index (χ1) is 12.1. The van der Waals surface area contributed by atoms with Gasteiger partial charge in [-0.25, -0.2) is 4.98 Å². The molecule has 2 N–H and O–H groups in total. The van der Waals surface area contributed by atoms with Crippen molar-refractivity contribution in [2.75, 3.05) is 13.1 Å². The molecule has 2 aliphatic heterocycles. The van der Waals surface area contributed by atoms with Crippen molar-refractivity contribution >= 4 is 11.9 Å². The highest BCUT2D eigenvalue weighted by Crippen LogP contribution is 2.42. The van der Waals surface area contributed by atoms with Gasteiger partial charge in [0.1, 0.15) is 5.82 Å². The van der Waals surface area contributed by atoms with Crippen LogP contribution in [0.1, 0.15) is 57.0 Å². The highest BCUT2D eigenvalue weighted by molar-refractivity contribution is 5.57. The summed E-state index contributed by atoms with van der Waals surface area (Å²) in [4.78, 5) is 15.5.